The van der Waals surface area contributed by atoms with Crippen LogP contribution in [-0.4, -0.2) is 0 Å². The van der Waals surface area contributed by atoms with Crippen LogP contribution in [0.2, 0.25) is 0 Å². The highest BCUT2D eigenvalue weighted by molar-refractivity contribution is 5.00. The van der Waals surface area contributed by atoms with Gasteiger partial charge in [0, 0.05) is 0 Å². The summed E-state index contributed by atoms with van der Waals surface area (Å²) in [6.45, 7) is 5.24. The van der Waals surface area contributed by atoms with E-state index < -0.39 is 0 Å². The molecule has 0 heterocycles. The van der Waals surface area contributed by atoms with Gasteiger partial charge in [0.25, 0.3) is 0 Å². The summed E-state index contributed by atoms with van der Waals surface area (Å²) in [6.07, 6.45) is 5.27. The Morgan fingerprint density at radius 3 is 2.62 bits per heavy atom. The normalized spacial score (nSPS) is 5.12. The highest BCUT2D eigenvalue weighted by atomic mass is 13.5. The Balaban J connectivity index is 3.96. The Hall–Kier alpha value is -1.18. The third-order valence-corrected chi connectivity index (χ3v) is 0.532. The molecule has 0 aliphatic heterocycles. The SMILES string of the molecule is C=C=C=CC=C=CC. The van der Waals surface area contributed by atoms with Crippen LogP contribution in [-0.2, 0) is 0 Å². The highest BCUT2D eigenvalue weighted by Gasteiger charge is 1.47. The predicted molar refractivity (Wildman–Crippen MR) is 35.5 cm³/mol. The zero-order chi connectivity index (χ0) is 6.24. The van der Waals surface area contributed by atoms with Crippen molar-refractivity contribution < 1.29 is 0 Å². The highest BCUT2D eigenvalue weighted by Crippen LogP contribution is 1.66. The van der Waals surface area contributed by atoms with Gasteiger partial charge in [-0.25, -0.2) is 0 Å². The maximum atomic E-state index is 3.33. The molecule has 8 heavy (non-hydrogen) atoms. The summed E-state index contributed by atoms with van der Waals surface area (Å²) >= 11 is 0. The molecule has 0 unspecified atom stereocenters. The number of rotatable bonds is 1. The summed E-state index contributed by atoms with van der Waals surface area (Å²) in [6, 6.07) is 0. The van der Waals surface area contributed by atoms with Gasteiger partial charge in [-0.05, 0) is 31.7 Å². The first-order valence-corrected chi connectivity index (χ1v) is 2.38. The van der Waals surface area contributed by atoms with E-state index in [9.17, 15) is 0 Å². The molecule has 0 aliphatic rings. The quantitative estimate of drug-likeness (QED) is 0.353. The van der Waals surface area contributed by atoms with Gasteiger partial charge in [0.1, 0.15) is 0 Å². The fourth-order valence-corrected chi connectivity index (χ4v) is 0.245. The lowest BCUT2D eigenvalue weighted by molar-refractivity contribution is 1.76. The Kier molecular flexibility index (Phi) is 4.96. The summed E-state index contributed by atoms with van der Waals surface area (Å²) in [5.41, 5.74) is 7.99. The van der Waals surface area contributed by atoms with Gasteiger partial charge in [0.2, 0.25) is 0 Å². The Morgan fingerprint density at radius 1 is 1.38 bits per heavy atom. The third-order valence-electron chi connectivity index (χ3n) is 0.532. The Morgan fingerprint density at radius 2 is 2.12 bits per heavy atom. The molecule has 0 nitrogen and oxygen atoms in total. The van der Waals surface area contributed by atoms with Crippen molar-refractivity contribution >= 4 is 0 Å². The van der Waals surface area contributed by atoms with Gasteiger partial charge in [-0.2, -0.15) is 0 Å². The summed E-state index contributed by atoms with van der Waals surface area (Å²) in [4.78, 5) is 0. The van der Waals surface area contributed by atoms with E-state index in [-0.39, 0.29) is 0 Å². The molecule has 0 rings (SSSR count). The summed E-state index contributed by atoms with van der Waals surface area (Å²) in [5.74, 6) is 0. The van der Waals surface area contributed by atoms with Crippen LogP contribution in [0.1, 0.15) is 6.92 Å². The minimum atomic E-state index is 1.70. The van der Waals surface area contributed by atoms with Gasteiger partial charge in [-0.3, -0.25) is 0 Å². The number of hydrogen-bond acceptors (Lipinski definition) is 0. The molecule has 0 saturated carbocycles. The van der Waals surface area contributed by atoms with Crippen molar-refractivity contribution in [3.05, 3.63) is 42.0 Å². The zero-order valence-corrected chi connectivity index (χ0v) is 4.94. The average molecular weight is 104 g/mol. The third kappa shape index (κ3) is 4.82. The van der Waals surface area contributed by atoms with Crippen LogP contribution < -0.4 is 0 Å². The zero-order valence-electron chi connectivity index (χ0n) is 4.94. The lowest BCUT2D eigenvalue weighted by Crippen LogP contribution is -1.35. The molecule has 0 spiro atoms. The molecular formula is C8H8. The molecule has 0 aromatic heterocycles. The first-order chi connectivity index (χ1) is 3.91. The van der Waals surface area contributed by atoms with Crippen molar-refractivity contribution in [2.45, 2.75) is 6.92 Å². The van der Waals surface area contributed by atoms with Crippen molar-refractivity contribution in [1.82, 2.24) is 0 Å². The second-order valence-electron chi connectivity index (χ2n) is 1.11. The van der Waals surface area contributed by atoms with E-state index in [0.29, 0.717) is 0 Å². The molecular weight excluding hydrogens is 96.1 g/mol. The van der Waals surface area contributed by atoms with Gasteiger partial charge in [-0.1, -0.05) is 11.5 Å². The second kappa shape index (κ2) is 5.82. The maximum Gasteiger partial charge on any atom is -0.00384 e. The van der Waals surface area contributed by atoms with Gasteiger partial charge < -0.3 is 0 Å². The van der Waals surface area contributed by atoms with E-state index in [4.69, 9.17) is 0 Å². The molecule has 0 aromatic rings. The molecule has 0 heteroatoms. The lowest BCUT2D eigenvalue weighted by atomic mass is 10.5. The van der Waals surface area contributed by atoms with Gasteiger partial charge in [0.15, 0.2) is 0 Å². The number of hydrogen-bond donors (Lipinski definition) is 0. The molecule has 40 valence electrons. The van der Waals surface area contributed by atoms with E-state index in [1.165, 1.54) is 0 Å². The van der Waals surface area contributed by atoms with E-state index in [1.54, 1.807) is 12.2 Å². The van der Waals surface area contributed by atoms with Crippen LogP contribution in [0.25, 0.3) is 0 Å². The summed E-state index contributed by atoms with van der Waals surface area (Å²) in [5, 5.41) is 0. The molecule has 0 atom stereocenters. The van der Waals surface area contributed by atoms with Crippen molar-refractivity contribution in [2.24, 2.45) is 0 Å². The molecule has 0 fully saturated rings. The van der Waals surface area contributed by atoms with Crippen molar-refractivity contribution in [2.75, 3.05) is 0 Å². The minimum absolute atomic E-state index is 1.70. The number of allylic oxidation sites excluding steroid dienone is 2. The fourth-order valence-electron chi connectivity index (χ4n) is 0.245. The van der Waals surface area contributed by atoms with Gasteiger partial charge >= 0.3 is 0 Å². The summed E-state index contributed by atoms with van der Waals surface area (Å²) < 4.78 is 0. The standard InChI is InChI=1S/C8H8/c1-3-5-7-8-6-4-2/h4,7-8H,1H2,2H3. The Bertz CT molecular complexity index is 178. The van der Waals surface area contributed by atoms with Crippen LogP contribution >= 0.6 is 0 Å². The topological polar surface area (TPSA) is 0 Å². The summed E-state index contributed by atoms with van der Waals surface area (Å²) in [7, 11) is 0. The van der Waals surface area contributed by atoms with Crippen molar-refractivity contribution in [3.8, 4) is 0 Å². The Labute approximate surface area is 49.8 Å². The fraction of sp³-hybridized carbons (Fsp3) is 0.125. The van der Waals surface area contributed by atoms with E-state index >= 15 is 0 Å². The van der Waals surface area contributed by atoms with Crippen LogP contribution in [0.15, 0.2) is 42.0 Å². The molecule has 0 aromatic carbocycles. The van der Waals surface area contributed by atoms with Gasteiger partial charge in [0.05, 0.1) is 0 Å². The average Bonchev–Trinajstić information content (AvgIpc) is 1.81. The van der Waals surface area contributed by atoms with Crippen LogP contribution in [0.4, 0.5) is 0 Å². The van der Waals surface area contributed by atoms with Gasteiger partial charge in [-0.15, -0.1) is 5.73 Å². The lowest BCUT2D eigenvalue weighted by Gasteiger charge is -1.55. The van der Waals surface area contributed by atoms with E-state index in [1.807, 2.05) is 13.0 Å². The van der Waals surface area contributed by atoms with E-state index in [0.717, 1.165) is 0 Å². The second-order valence-corrected chi connectivity index (χ2v) is 1.11. The molecule has 0 radical (unpaired) electrons. The first kappa shape index (κ1) is 6.82. The van der Waals surface area contributed by atoms with E-state index in [2.05, 4.69) is 23.8 Å². The van der Waals surface area contributed by atoms with Crippen molar-refractivity contribution in [3.63, 3.8) is 0 Å². The molecule has 0 N–H and O–H groups in total. The molecule has 0 bridgehead atoms. The largest absolute Gasteiger partial charge is 0.125 e. The molecule has 0 aliphatic carbocycles. The monoisotopic (exact) mass is 104 g/mol. The molecule has 0 amide bonds. The van der Waals surface area contributed by atoms with Crippen LogP contribution in [0, 0.1) is 0 Å². The van der Waals surface area contributed by atoms with Crippen LogP contribution in [0.5, 0.6) is 0 Å². The predicted octanol–water partition coefficient (Wildman–Crippen LogP) is 2.21. The maximum absolute atomic E-state index is 3.33. The van der Waals surface area contributed by atoms with Crippen molar-refractivity contribution in [1.29, 1.82) is 0 Å². The smallest absolute Gasteiger partial charge is 0.00384 e. The minimum Gasteiger partial charge on any atom is -0.125 e. The molecule has 0 saturated heterocycles. The van der Waals surface area contributed by atoms with Crippen LogP contribution in [0.3, 0.4) is 0 Å². The first-order valence-electron chi connectivity index (χ1n) is 2.38.